The van der Waals surface area contributed by atoms with E-state index in [0.717, 1.165) is 44.8 Å². The zero-order valence-corrected chi connectivity index (χ0v) is 10.4. The first-order chi connectivity index (χ1) is 8.27. The molecule has 1 atom stereocenters. The Kier molecular flexibility index (Phi) is 2.81. The monoisotopic (exact) mass is 232 g/mol. The van der Waals surface area contributed by atoms with E-state index in [0.29, 0.717) is 0 Å². The smallest absolute Gasteiger partial charge is 0.124 e. The molecule has 2 aliphatic heterocycles. The van der Waals surface area contributed by atoms with Crippen molar-refractivity contribution >= 4 is 0 Å². The molecule has 0 aromatic heterocycles. The summed E-state index contributed by atoms with van der Waals surface area (Å²) < 4.78 is 6.26. The SMILES string of the molecule is CC1(Oc2cccc3c2CNCC3)CCNC1. The molecular formula is C14H20N2O. The third-order valence-corrected chi connectivity index (χ3v) is 3.79. The van der Waals surface area contributed by atoms with E-state index >= 15 is 0 Å². The molecule has 0 saturated carbocycles. The fourth-order valence-electron chi connectivity index (χ4n) is 2.72. The summed E-state index contributed by atoms with van der Waals surface area (Å²) in [5, 5.41) is 6.80. The maximum absolute atomic E-state index is 6.26. The molecule has 17 heavy (non-hydrogen) atoms. The Balaban J connectivity index is 1.87. The number of benzene rings is 1. The van der Waals surface area contributed by atoms with Crippen LogP contribution in [0.1, 0.15) is 24.5 Å². The first-order valence-corrected chi connectivity index (χ1v) is 6.48. The summed E-state index contributed by atoms with van der Waals surface area (Å²) in [6.45, 7) is 6.22. The lowest BCUT2D eigenvalue weighted by Crippen LogP contribution is -2.35. The van der Waals surface area contributed by atoms with E-state index in [1.165, 1.54) is 11.1 Å². The van der Waals surface area contributed by atoms with Crippen LogP contribution in [0, 0.1) is 0 Å². The molecule has 1 aromatic rings. The minimum Gasteiger partial charge on any atom is -0.486 e. The number of ether oxygens (including phenoxy) is 1. The van der Waals surface area contributed by atoms with Crippen molar-refractivity contribution in [2.75, 3.05) is 19.6 Å². The predicted molar refractivity (Wildman–Crippen MR) is 68.4 cm³/mol. The van der Waals surface area contributed by atoms with Gasteiger partial charge in [-0.1, -0.05) is 12.1 Å². The van der Waals surface area contributed by atoms with Gasteiger partial charge in [-0.2, -0.15) is 0 Å². The molecule has 0 spiro atoms. The van der Waals surface area contributed by atoms with Crippen molar-refractivity contribution in [1.29, 1.82) is 0 Å². The van der Waals surface area contributed by atoms with Crippen molar-refractivity contribution < 1.29 is 4.74 Å². The van der Waals surface area contributed by atoms with E-state index in [-0.39, 0.29) is 5.60 Å². The van der Waals surface area contributed by atoms with Crippen LogP contribution in [-0.2, 0) is 13.0 Å². The minimum atomic E-state index is -0.0351. The zero-order valence-electron chi connectivity index (χ0n) is 10.4. The molecule has 0 bridgehead atoms. The maximum atomic E-state index is 6.26. The maximum Gasteiger partial charge on any atom is 0.124 e. The molecule has 3 heteroatoms. The van der Waals surface area contributed by atoms with Crippen molar-refractivity contribution in [2.45, 2.75) is 31.9 Å². The third kappa shape index (κ3) is 2.17. The highest BCUT2D eigenvalue weighted by molar-refractivity contribution is 5.42. The largest absolute Gasteiger partial charge is 0.486 e. The van der Waals surface area contributed by atoms with E-state index in [2.05, 4.69) is 35.8 Å². The summed E-state index contributed by atoms with van der Waals surface area (Å²) in [5.74, 6) is 1.07. The number of rotatable bonds is 2. The molecule has 1 unspecified atom stereocenters. The van der Waals surface area contributed by atoms with Crippen LogP contribution < -0.4 is 15.4 Å². The fourth-order valence-corrected chi connectivity index (χ4v) is 2.72. The Morgan fingerprint density at radius 3 is 3.00 bits per heavy atom. The van der Waals surface area contributed by atoms with Crippen LogP contribution in [0.3, 0.4) is 0 Å². The van der Waals surface area contributed by atoms with Crippen molar-refractivity contribution in [1.82, 2.24) is 10.6 Å². The van der Waals surface area contributed by atoms with Gasteiger partial charge in [-0.25, -0.2) is 0 Å². The topological polar surface area (TPSA) is 33.3 Å². The summed E-state index contributed by atoms with van der Waals surface area (Å²) in [4.78, 5) is 0. The van der Waals surface area contributed by atoms with Gasteiger partial charge in [-0.05, 0) is 38.1 Å². The molecule has 2 heterocycles. The molecule has 1 saturated heterocycles. The lowest BCUT2D eigenvalue weighted by Gasteiger charge is -2.28. The second kappa shape index (κ2) is 4.31. The van der Waals surface area contributed by atoms with Crippen LogP contribution >= 0.6 is 0 Å². The highest BCUT2D eigenvalue weighted by atomic mass is 16.5. The van der Waals surface area contributed by atoms with E-state index < -0.39 is 0 Å². The molecule has 0 amide bonds. The van der Waals surface area contributed by atoms with Gasteiger partial charge in [-0.15, -0.1) is 0 Å². The molecule has 2 aliphatic rings. The van der Waals surface area contributed by atoms with E-state index in [1.54, 1.807) is 0 Å². The summed E-state index contributed by atoms with van der Waals surface area (Å²) in [7, 11) is 0. The van der Waals surface area contributed by atoms with Crippen LogP contribution in [0.15, 0.2) is 18.2 Å². The van der Waals surface area contributed by atoms with Gasteiger partial charge < -0.3 is 15.4 Å². The first-order valence-electron chi connectivity index (χ1n) is 6.48. The summed E-state index contributed by atoms with van der Waals surface area (Å²) in [6, 6.07) is 6.44. The Morgan fingerprint density at radius 2 is 2.18 bits per heavy atom. The summed E-state index contributed by atoms with van der Waals surface area (Å²) >= 11 is 0. The third-order valence-electron chi connectivity index (χ3n) is 3.79. The molecule has 0 aliphatic carbocycles. The van der Waals surface area contributed by atoms with Gasteiger partial charge in [0.2, 0.25) is 0 Å². The van der Waals surface area contributed by atoms with Crippen molar-refractivity contribution in [3.63, 3.8) is 0 Å². The zero-order chi connectivity index (χ0) is 11.7. The highest BCUT2D eigenvalue weighted by Crippen LogP contribution is 2.30. The Labute approximate surface area is 103 Å². The fraction of sp³-hybridized carbons (Fsp3) is 0.571. The number of hydrogen-bond acceptors (Lipinski definition) is 3. The number of fused-ring (bicyclic) bond motifs is 1. The average molecular weight is 232 g/mol. The van der Waals surface area contributed by atoms with Crippen molar-refractivity contribution in [3.05, 3.63) is 29.3 Å². The van der Waals surface area contributed by atoms with Crippen LogP contribution in [0.2, 0.25) is 0 Å². The Hall–Kier alpha value is -1.06. The Bertz CT molecular complexity index is 411. The minimum absolute atomic E-state index is 0.0351. The quantitative estimate of drug-likeness (QED) is 0.810. The Morgan fingerprint density at radius 1 is 1.24 bits per heavy atom. The van der Waals surface area contributed by atoms with Gasteiger partial charge in [0.05, 0.1) is 0 Å². The normalized spacial score (nSPS) is 27.8. The van der Waals surface area contributed by atoms with Crippen LogP contribution in [0.4, 0.5) is 0 Å². The molecule has 2 N–H and O–H groups in total. The molecule has 3 rings (SSSR count). The lowest BCUT2D eigenvalue weighted by atomic mass is 9.99. The molecule has 92 valence electrons. The summed E-state index contributed by atoms with van der Waals surface area (Å²) in [5.41, 5.74) is 2.76. The second-order valence-corrected chi connectivity index (χ2v) is 5.30. The average Bonchev–Trinajstić information content (AvgIpc) is 2.76. The number of hydrogen-bond donors (Lipinski definition) is 2. The van der Waals surface area contributed by atoms with Gasteiger partial charge in [-0.3, -0.25) is 0 Å². The predicted octanol–water partition coefficient (Wildman–Crippen LogP) is 1.46. The van der Waals surface area contributed by atoms with E-state index in [1.807, 2.05) is 0 Å². The van der Waals surface area contributed by atoms with E-state index in [4.69, 9.17) is 4.74 Å². The summed E-state index contributed by atoms with van der Waals surface area (Å²) in [6.07, 6.45) is 2.20. The van der Waals surface area contributed by atoms with Gasteiger partial charge in [0.15, 0.2) is 0 Å². The first kappa shape index (κ1) is 11.1. The second-order valence-electron chi connectivity index (χ2n) is 5.30. The van der Waals surface area contributed by atoms with Crippen LogP contribution in [-0.4, -0.2) is 25.2 Å². The van der Waals surface area contributed by atoms with Crippen molar-refractivity contribution in [3.8, 4) is 5.75 Å². The number of nitrogens with one attached hydrogen (secondary N) is 2. The molecule has 1 aromatic carbocycles. The van der Waals surface area contributed by atoms with Gasteiger partial charge >= 0.3 is 0 Å². The molecule has 3 nitrogen and oxygen atoms in total. The van der Waals surface area contributed by atoms with Crippen LogP contribution in [0.5, 0.6) is 5.75 Å². The molecular weight excluding hydrogens is 212 g/mol. The van der Waals surface area contributed by atoms with Crippen LogP contribution in [0.25, 0.3) is 0 Å². The van der Waals surface area contributed by atoms with Gasteiger partial charge in [0.25, 0.3) is 0 Å². The highest BCUT2D eigenvalue weighted by Gasteiger charge is 2.31. The van der Waals surface area contributed by atoms with Gasteiger partial charge in [0.1, 0.15) is 11.4 Å². The molecule has 1 fully saturated rings. The van der Waals surface area contributed by atoms with E-state index in [9.17, 15) is 0 Å². The van der Waals surface area contributed by atoms with Gasteiger partial charge in [0, 0.05) is 25.1 Å². The lowest BCUT2D eigenvalue weighted by molar-refractivity contribution is 0.109. The molecule has 0 radical (unpaired) electrons. The standard InChI is InChI=1S/C14H20N2O/c1-14(6-8-16-10-14)17-13-4-2-3-11-5-7-15-9-12(11)13/h2-4,15-16H,5-10H2,1H3. The van der Waals surface area contributed by atoms with Crippen molar-refractivity contribution in [2.24, 2.45) is 0 Å².